The van der Waals surface area contributed by atoms with Gasteiger partial charge in [0.25, 0.3) is 10.2 Å². The molecule has 2 amide bonds. The molecule has 15 heteroatoms. The van der Waals surface area contributed by atoms with Crippen molar-refractivity contribution in [2.24, 2.45) is 0 Å². The summed E-state index contributed by atoms with van der Waals surface area (Å²) >= 11 is 0. The van der Waals surface area contributed by atoms with Crippen LogP contribution < -0.4 is 29.6 Å². The quantitative estimate of drug-likeness (QED) is 0.241. The number of amides is 2. The van der Waals surface area contributed by atoms with Crippen molar-refractivity contribution < 1.29 is 37.0 Å². The SMILES string of the molecule is CNS(=O)(=O)Nc1cccc(CC2=C(CNCC(=O)NCC#N)c3ccc(OC(=O)N(C)C)cc3OC2O)c1F. The number of carbonyl (C=O) groups is 2. The standard InChI is InChI=1S/C25H29FN6O7S/c1-28-40(36,37)31-20-6-4-5-15(23(20)26)11-18-19(13-29-14-22(33)30-10-9-27)17-8-7-16(38-25(35)32(2)3)12-21(17)39-24(18)34/h4-8,12,24,28-29,31,34H,10-11,13-14H2,1-3H3,(H,30,33). The lowest BCUT2D eigenvalue weighted by Gasteiger charge is -2.29. The van der Waals surface area contributed by atoms with E-state index < -0.39 is 34.3 Å². The highest BCUT2D eigenvalue weighted by Crippen LogP contribution is 2.39. The number of aliphatic hydroxyl groups excluding tert-OH is 1. The highest BCUT2D eigenvalue weighted by atomic mass is 32.2. The molecule has 214 valence electrons. The minimum atomic E-state index is -3.98. The van der Waals surface area contributed by atoms with Gasteiger partial charge < -0.3 is 30.1 Å². The molecule has 13 nitrogen and oxygen atoms in total. The molecule has 1 unspecified atom stereocenters. The van der Waals surface area contributed by atoms with Crippen LogP contribution >= 0.6 is 0 Å². The summed E-state index contributed by atoms with van der Waals surface area (Å²) in [4.78, 5) is 25.2. The Morgan fingerprint density at radius 3 is 2.67 bits per heavy atom. The highest BCUT2D eigenvalue weighted by Gasteiger charge is 2.29. The van der Waals surface area contributed by atoms with E-state index in [0.29, 0.717) is 11.1 Å². The van der Waals surface area contributed by atoms with Gasteiger partial charge in [0, 0.05) is 51.3 Å². The van der Waals surface area contributed by atoms with E-state index in [0.717, 1.165) is 0 Å². The van der Waals surface area contributed by atoms with Crippen LogP contribution in [0.3, 0.4) is 0 Å². The van der Waals surface area contributed by atoms with Crippen molar-refractivity contribution in [1.82, 2.24) is 20.3 Å². The molecule has 3 rings (SSSR count). The molecule has 1 atom stereocenters. The number of nitrogens with one attached hydrogen (secondary N) is 4. The second-order valence-corrected chi connectivity index (χ2v) is 10.3. The van der Waals surface area contributed by atoms with Gasteiger partial charge in [-0.25, -0.2) is 13.9 Å². The number of aliphatic hydroxyl groups is 1. The summed E-state index contributed by atoms with van der Waals surface area (Å²) < 4.78 is 54.2. The molecule has 1 aliphatic rings. The van der Waals surface area contributed by atoms with Crippen LogP contribution in [0.25, 0.3) is 5.57 Å². The van der Waals surface area contributed by atoms with Gasteiger partial charge >= 0.3 is 6.09 Å². The van der Waals surface area contributed by atoms with Gasteiger partial charge in [0.05, 0.1) is 18.3 Å². The Bertz CT molecular complexity index is 1460. The Hall–Kier alpha value is -4.23. The highest BCUT2D eigenvalue weighted by molar-refractivity contribution is 7.90. The van der Waals surface area contributed by atoms with Gasteiger partial charge in [-0.15, -0.1) is 0 Å². The number of halogens is 1. The summed E-state index contributed by atoms with van der Waals surface area (Å²) in [6.07, 6.45) is -2.34. The van der Waals surface area contributed by atoms with Gasteiger partial charge in [-0.1, -0.05) is 12.1 Å². The molecule has 5 N–H and O–H groups in total. The molecular weight excluding hydrogens is 547 g/mol. The van der Waals surface area contributed by atoms with Crippen LogP contribution in [0.4, 0.5) is 14.9 Å². The van der Waals surface area contributed by atoms with Crippen molar-refractivity contribution >= 4 is 33.5 Å². The van der Waals surface area contributed by atoms with Crippen LogP contribution in [0.15, 0.2) is 42.0 Å². The normalized spacial score (nSPS) is 14.4. The van der Waals surface area contributed by atoms with Crippen molar-refractivity contribution in [2.45, 2.75) is 12.7 Å². The van der Waals surface area contributed by atoms with E-state index in [1.807, 2.05) is 4.72 Å². The van der Waals surface area contributed by atoms with Gasteiger partial charge in [-0.3, -0.25) is 9.52 Å². The van der Waals surface area contributed by atoms with Crippen molar-refractivity contribution in [1.29, 1.82) is 5.26 Å². The molecule has 2 aromatic carbocycles. The zero-order valence-electron chi connectivity index (χ0n) is 21.9. The van der Waals surface area contributed by atoms with E-state index in [4.69, 9.17) is 14.7 Å². The monoisotopic (exact) mass is 576 g/mol. The summed E-state index contributed by atoms with van der Waals surface area (Å²) in [7, 11) is 0.227. The van der Waals surface area contributed by atoms with Crippen LogP contribution in [0, 0.1) is 17.1 Å². The van der Waals surface area contributed by atoms with Crippen LogP contribution in [0.2, 0.25) is 0 Å². The lowest BCUT2D eigenvalue weighted by atomic mass is 9.91. The number of rotatable bonds is 11. The minimum Gasteiger partial charge on any atom is -0.460 e. The van der Waals surface area contributed by atoms with Crippen molar-refractivity contribution in [3.8, 4) is 17.6 Å². The van der Waals surface area contributed by atoms with Gasteiger partial charge in [-0.05, 0) is 29.3 Å². The Morgan fingerprint density at radius 1 is 1.25 bits per heavy atom. The zero-order chi connectivity index (χ0) is 29.4. The van der Waals surface area contributed by atoms with Crippen molar-refractivity contribution in [3.63, 3.8) is 0 Å². The number of fused-ring (bicyclic) bond motifs is 1. The molecule has 0 saturated heterocycles. The number of carbonyl (C=O) groups excluding carboxylic acids is 2. The lowest BCUT2D eigenvalue weighted by Crippen LogP contribution is -2.36. The molecule has 40 heavy (non-hydrogen) atoms. The molecule has 1 aliphatic heterocycles. The first-order chi connectivity index (χ1) is 19.0. The predicted octanol–water partition coefficient (Wildman–Crippen LogP) is 0.699. The number of hydrogen-bond acceptors (Lipinski definition) is 9. The van der Waals surface area contributed by atoms with Crippen molar-refractivity contribution in [2.75, 3.05) is 45.5 Å². The maximum Gasteiger partial charge on any atom is 0.414 e. The fraction of sp³-hybridized carbons (Fsp3) is 0.320. The van der Waals surface area contributed by atoms with Gasteiger partial charge in [-0.2, -0.15) is 13.7 Å². The van der Waals surface area contributed by atoms with E-state index in [-0.39, 0.29) is 54.4 Å². The average Bonchev–Trinajstić information content (AvgIpc) is 2.90. The maximum atomic E-state index is 15.3. The Labute approximate surface area is 230 Å². The molecule has 0 spiro atoms. The molecule has 1 heterocycles. The largest absolute Gasteiger partial charge is 0.460 e. The first-order valence-electron chi connectivity index (χ1n) is 11.9. The van der Waals surface area contributed by atoms with Crippen LogP contribution in [0.1, 0.15) is 11.1 Å². The molecule has 0 saturated carbocycles. The average molecular weight is 577 g/mol. The van der Waals surface area contributed by atoms with Crippen LogP contribution in [-0.2, 0) is 21.4 Å². The van der Waals surface area contributed by atoms with E-state index in [1.165, 1.54) is 56.4 Å². The van der Waals surface area contributed by atoms with Crippen molar-refractivity contribution in [3.05, 3.63) is 58.9 Å². The summed E-state index contributed by atoms with van der Waals surface area (Å²) in [6, 6.07) is 10.5. The fourth-order valence-electron chi connectivity index (χ4n) is 3.72. The smallest absolute Gasteiger partial charge is 0.414 e. The third kappa shape index (κ3) is 7.67. The Morgan fingerprint density at radius 2 is 2.00 bits per heavy atom. The number of ether oxygens (including phenoxy) is 2. The summed E-state index contributed by atoms with van der Waals surface area (Å²) in [6.45, 7) is -0.280. The number of hydrogen-bond donors (Lipinski definition) is 5. The van der Waals surface area contributed by atoms with E-state index >= 15 is 4.39 Å². The Kier molecular flexibility index (Phi) is 10.0. The number of nitriles is 1. The van der Waals surface area contributed by atoms with Gasteiger partial charge in [0.2, 0.25) is 12.2 Å². The van der Waals surface area contributed by atoms with Crippen LogP contribution in [0.5, 0.6) is 11.5 Å². The van der Waals surface area contributed by atoms with E-state index in [9.17, 15) is 23.1 Å². The summed E-state index contributed by atoms with van der Waals surface area (Å²) in [5, 5.41) is 24.9. The Balaban J connectivity index is 1.99. The van der Waals surface area contributed by atoms with Gasteiger partial charge in [0.1, 0.15) is 18.0 Å². The molecule has 0 radical (unpaired) electrons. The number of benzene rings is 2. The fourth-order valence-corrected chi connectivity index (χ4v) is 4.27. The topological polar surface area (TPSA) is 182 Å². The summed E-state index contributed by atoms with van der Waals surface area (Å²) in [5.41, 5.74) is 0.997. The molecule has 2 aromatic rings. The predicted molar refractivity (Wildman–Crippen MR) is 143 cm³/mol. The minimum absolute atomic E-state index is 0.0350. The zero-order valence-corrected chi connectivity index (χ0v) is 22.8. The molecule has 0 fully saturated rings. The number of anilines is 1. The third-order valence-corrected chi connectivity index (χ3v) is 6.72. The molecule has 0 bridgehead atoms. The van der Waals surface area contributed by atoms with Crippen LogP contribution in [-0.4, -0.2) is 77.5 Å². The number of nitrogens with zero attached hydrogens (tertiary/aromatic N) is 2. The second kappa shape index (κ2) is 13.2. The molecule has 0 aromatic heterocycles. The lowest BCUT2D eigenvalue weighted by molar-refractivity contribution is -0.119. The second-order valence-electron chi connectivity index (χ2n) is 8.70. The first kappa shape index (κ1) is 30.3. The summed E-state index contributed by atoms with van der Waals surface area (Å²) in [5.74, 6) is -0.937. The van der Waals surface area contributed by atoms with Gasteiger partial charge in [0.15, 0.2) is 5.82 Å². The third-order valence-electron chi connectivity index (χ3n) is 5.70. The molecular formula is C25H29FN6O7S. The first-order valence-corrected chi connectivity index (χ1v) is 13.4. The van der Waals surface area contributed by atoms with E-state index in [1.54, 1.807) is 12.1 Å². The van der Waals surface area contributed by atoms with E-state index in [2.05, 4.69) is 15.4 Å². The maximum absolute atomic E-state index is 15.3. The molecule has 0 aliphatic carbocycles.